The fourth-order valence-electron chi connectivity index (χ4n) is 4.34. The number of hydrogen-bond donors (Lipinski definition) is 1. The molecule has 6 nitrogen and oxygen atoms in total. The lowest BCUT2D eigenvalue weighted by molar-refractivity contribution is 0.0707. The van der Waals surface area contributed by atoms with Gasteiger partial charge < -0.3 is 4.90 Å². The van der Waals surface area contributed by atoms with Gasteiger partial charge in [0.15, 0.2) is 5.78 Å². The van der Waals surface area contributed by atoms with Crippen molar-refractivity contribution >= 4 is 27.6 Å². The second-order valence-corrected chi connectivity index (χ2v) is 9.78. The number of unbranched alkanes of at least 4 members (excludes halogenated alkanes) is 1. The van der Waals surface area contributed by atoms with Crippen molar-refractivity contribution in [2.24, 2.45) is 0 Å². The van der Waals surface area contributed by atoms with Crippen molar-refractivity contribution in [3.63, 3.8) is 0 Å². The van der Waals surface area contributed by atoms with Crippen LogP contribution in [0.25, 0.3) is 16.9 Å². The molecule has 0 fully saturated rings. The maximum atomic E-state index is 13.8. The highest BCUT2D eigenvalue weighted by molar-refractivity contribution is 9.10. The minimum atomic E-state index is -0.420. The molecule has 0 radical (unpaired) electrons. The van der Waals surface area contributed by atoms with E-state index >= 15 is 0 Å². The maximum absolute atomic E-state index is 13.8. The first-order chi connectivity index (χ1) is 17.9. The fourth-order valence-corrected chi connectivity index (χ4v) is 4.60. The second kappa shape index (κ2) is 12.0. The van der Waals surface area contributed by atoms with E-state index in [0.29, 0.717) is 23.5 Å². The lowest BCUT2D eigenvalue weighted by Gasteiger charge is -2.22. The summed E-state index contributed by atoms with van der Waals surface area (Å²) in [6, 6.07) is 24.0. The number of aromatic nitrogens is 2. The Labute approximate surface area is 225 Å². The van der Waals surface area contributed by atoms with E-state index in [1.54, 1.807) is 29.2 Å². The van der Waals surface area contributed by atoms with Gasteiger partial charge in [-0.3, -0.25) is 19.5 Å². The zero-order valence-electron chi connectivity index (χ0n) is 21.0. The molecule has 0 saturated heterocycles. The van der Waals surface area contributed by atoms with E-state index in [-0.39, 0.29) is 18.0 Å². The Bertz CT molecular complexity index is 1440. The SMILES string of the molecule is CCCCN(CC(=O)c1c(-c2ccccc2)[nH]n(-c2ccccc2CC)c1=O)C(=O)c1ccc(Br)cc1. The molecular weight excluding hydrogens is 530 g/mol. The first-order valence-corrected chi connectivity index (χ1v) is 13.3. The van der Waals surface area contributed by atoms with Gasteiger partial charge in [-0.25, -0.2) is 4.68 Å². The topological polar surface area (TPSA) is 75.2 Å². The van der Waals surface area contributed by atoms with Crippen LogP contribution in [0.3, 0.4) is 0 Å². The summed E-state index contributed by atoms with van der Waals surface area (Å²) in [5, 5.41) is 3.20. The maximum Gasteiger partial charge on any atom is 0.282 e. The predicted molar refractivity (Wildman–Crippen MR) is 150 cm³/mol. The van der Waals surface area contributed by atoms with Crippen molar-refractivity contribution in [3.05, 3.63) is 110 Å². The van der Waals surface area contributed by atoms with Crippen LogP contribution in [0.15, 0.2) is 88.1 Å². The summed E-state index contributed by atoms with van der Waals surface area (Å²) in [7, 11) is 0. The van der Waals surface area contributed by atoms with E-state index in [9.17, 15) is 14.4 Å². The van der Waals surface area contributed by atoms with Crippen molar-refractivity contribution in [1.29, 1.82) is 0 Å². The molecule has 1 aromatic heterocycles. The Balaban J connectivity index is 1.77. The van der Waals surface area contributed by atoms with Crippen LogP contribution in [-0.2, 0) is 6.42 Å². The monoisotopic (exact) mass is 559 g/mol. The van der Waals surface area contributed by atoms with Crippen LogP contribution in [0.2, 0.25) is 0 Å². The number of aromatic amines is 1. The molecule has 0 aliphatic rings. The summed E-state index contributed by atoms with van der Waals surface area (Å²) in [4.78, 5) is 42.4. The molecule has 3 aromatic carbocycles. The van der Waals surface area contributed by atoms with Crippen LogP contribution >= 0.6 is 15.9 Å². The summed E-state index contributed by atoms with van der Waals surface area (Å²) >= 11 is 3.39. The molecule has 37 heavy (non-hydrogen) atoms. The lowest BCUT2D eigenvalue weighted by Crippen LogP contribution is -2.38. The molecule has 4 aromatic rings. The number of H-pyrrole nitrogens is 1. The Morgan fingerprint density at radius 1 is 0.919 bits per heavy atom. The van der Waals surface area contributed by atoms with Crippen LogP contribution in [0.5, 0.6) is 0 Å². The number of ketones is 1. The standard InChI is InChI=1S/C30H30BrN3O3/c1-3-5-19-33(29(36)23-15-17-24(31)18-16-23)20-26(35)27-28(22-12-7-6-8-13-22)32-34(30(27)37)25-14-10-9-11-21(25)4-2/h6-18,32H,3-5,19-20H2,1-2H3. The first kappa shape index (κ1) is 26.4. The van der Waals surface area contributed by atoms with Gasteiger partial charge in [-0.05, 0) is 48.7 Å². The van der Waals surface area contributed by atoms with Gasteiger partial charge in [0.05, 0.1) is 17.9 Å². The number of rotatable bonds is 10. The van der Waals surface area contributed by atoms with E-state index in [4.69, 9.17) is 0 Å². The molecule has 0 spiro atoms. The van der Waals surface area contributed by atoms with Crippen LogP contribution < -0.4 is 5.56 Å². The van der Waals surface area contributed by atoms with Gasteiger partial charge in [0.2, 0.25) is 0 Å². The number of Topliss-reactive ketones (excluding diaryl/α,β-unsaturated/α-hetero) is 1. The van der Waals surface area contributed by atoms with Gasteiger partial charge in [-0.15, -0.1) is 0 Å². The molecule has 1 N–H and O–H groups in total. The third-order valence-electron chi connectivity index (χ3n) is 6.34. The summed E-state index contributed by atoms with van der Waals surface area (Å²) < 4.78 is 2.31. The molecule has 4 rings (SSSR count). The van der Waals surface area contributed by atoms with Gasteiger partial charge in [0.25, 0.3) is 11.5 Å². The fraction of sp³-hybridized carbons (Fsp3) is 0.233. The van der Waals surface area contributed by atoms with E-state index in [1.807, 2.05) is 68.4 Å². The molecule has 1 amide bonds. The number of nitrogens with zero attached hydrogens (tertiary/aromatic N) is 2. The predicted octanol–water partition coefficient (Wildman–Crippen LogP) is 6.28. The van der Waals surface area contributed by atoms with E-state index in [0.717, 1.165) is 34.9 Å². The Morgan fingerprint density at radius 3 is 2.27 bits per heavy atom. The van der Waals surface area contributed by atoms with Crippen LogP contribution in [0, 0.1) is 0 Å². The van der Waals surface area contributed by atoms with Crippen LogP contribution in [0.1, 0.15) is 53.0 Å². The molecule has 0 saturated carbocycles. The number of amides is 1. The van der Waals surface area contributed by atoms with Gasteiger partial charge in [-0.2, -0.15) is 0 Å². The Kier molecular flexibility index (Phi) is 8.56. The highest BCUT2D eigenvalue weighted by atomic mass is 79.9. The number of aryl methyl sites for hydroxylation is 1. The number of benzene rings is 3. The van der Waals surface area contributed by atoms with Gasteiger partial charge in [0.1, 0.15) is 5.56 Å². The van der Waals surface area contributed by atoms with Crippen LogP contribution in [-0.4, -0.2) is 39.5 Å². The van der Waals surface area contributed by atoms with Gasteiger partial charge >= 0.3 is 0 Å². The van der Waals surface area contributed by atoms with E-state index in [1.165, 1.54) is 4.68 Å². The molecule has 190 valence electrons. The number of para-hydroxylation sites is 1. The Hall–Kier alpha value is -3.71. The Morgan fingerprint density at radius 2 is 1.59 bits per heavy atom. The summed E-state index contributed by atoms with van der Waals surface area (Å²) in [6.45, 7) is 4.30. The third-order valence-corrected chi connectivity index (χ3v) is 6.87. The smallest absolute Gasteiger partial charge is 0.282 e. The number of carbonyl (C=O) groups is 2. The second-order valence-electron chi connectivity index (χ2n) is 8.86. The van der Waals surface area contributed by atoms with Crippen molar-refractivity contribution < 1.29 is 9.59 Å². The molecule has 0 bridgehead atoms. The summed E-state index contributed by atoms with van der Waals surface area (Å²) in [5.74, 6) is -0.628. The first-order valence-electron chi connectivity index (χ1n) is 12.5. The number of hydrogen-bond acceptors (Lipinski definition) is 3. The highest BCUT2D eigenvalue weighted by Gasteiger charge is 2.27. The largest absolute Gasteiger partial charge is 0.331 e. The summed E-state index contributed by atoms with van der Waals surface area (Å²) in [6.07, 6.45) is 2.36. The normalized spacial score (nSPS) is 10.9. The average molecular weight is 560 g/mol. The van der Waals surface area contributed by atoms with E-state index in [2.05, 4.69) is 21.0 Å². The molecule has 0 atom stereocenters. The van der Waals surface area contributed by atoms with Crippen molar-refractivity contribution in [1.82, 2.24) is 14.7 Å². The molecule has 0 aliphatic carbocycles. The zero-order chi connectivity index (χ0) is 26.4. The minimum Gasteiger partial charge on any atom is -0.331 e. The number of carbonyl (C=O) groups excluding carboxylic acids is 2. The van der Waals surface area contributed by atoms with Gasteiger partial charge in [-0.1, -0.05) is 84.7 Å². The van der Waals surface area contributed by atoms with E-state index < -0.39 is 11.3 Å². The zero-order valence-corrected chi connectivity index (χ0v) is 22.6. The van der Waals surface area contributed by atoms with Crippen molar-refractivity contribution in [3.8, 4) is 16.9 Å². The highest BCUT2D eigenvalue weighted by Crippen LogP contribution is 2.23. The van der Waals surface area contributed by atoms with Crippen LogP contribution in [0.4, 0.5) is 0 Å². The number of nitrogens with one attached hydrogen (secondary N) is 1. The van der Waals surface area contributed by atoms with Crippen molar-refractivity contribution in [2.45, 2.75) is 33.1 Å². The molecule has 1 heterocycles. The average Bonchev–Trinajstić information content (AvgIpc) is 3.28. The third kappa shape index (κ3) is 5.83. The molecular formula is C30H30BrN3O3. The molecule has 7 heteroatoms. The summed E-state index contributed by atoms with van der Waals surface area (Å²) in [5.41, 5.74) is 3.01. The molecule has 0 unspecified atom stereocenters. The van der Waals surface area contributed by atoms with Crippen molar-refractivity contribution in [2.75, 3.05) is 13.1 Å². The quantitative estimate of drug-likeness (QED) is 0.232. The molecule has 0 aliphatic heterocycles. The number of halogens is 1. The minimum absolute atomic E-state index is 0.0576. The lowest BCUT2D eigenvalue weighted by atomic mass is 10.0. The van der Waals surface area contributed by atoms with Gasteiger partial charge in [0, 0.05) is 22.1 Å².